The molecule has 0 fully saturated rings. The van der Waals surface area contributed by atoms with Crippen LogP contribution in [0.3, 0.4) is 0 Å². The predicted molar refractivity (Wildman–Crippen MR) is 52.8 cm³/mol. The van der Waals surface area contributed by atoms with Crippen molar-refractivity contribution >= 4 is 31.9 Å². The molecule has 1 atom stereocenters. The number of aliphatic hydroxyl groups is 1. The maximum atomic E-state index is 12.9. The van der Waals surface area contributed by atoms with Gasteiger partial charge in [0.1, 0.15) is 6.17 Å². The SMILES string of the molecule is OCC(F)c1ccc(Br)c(Br)c1. The molecule has 1 aromatic rings. The van der Waals surface area contributed by atoms with Crippen LogP contribution in [0, 0.1) is 0 Å². The fraction of sp³-hybridized carbons (Fsp3) is 0.250. The molecule has 0 aliphatic rings. The molecule has 0 saturated carbocycles. The van der Waals surface area contributed by atoms with Crippen LogP contribution in [0.25, 0.3) is 0 Å². The molecule has 1 rings (SSSR count). The van der Waals surface area contributed by atoms with Gasteiger partial charge in [0.15, 0.2) is 0 Å². The summed E-state index contributed by atoms with van der Waals surface area (Å²) in [5.41, 5.74) is 0.479. The minimum Gasteiger partial charge on any atom is -0.393 e. The summed E-state index contributed by atoms with van der Waals surface area (Å²) in [6.45, 7) is -0.478. The van der Waals surface area contributed by atoms with Crippen molar-refractivity contribution in [2.75, 3.05) is 6.61 Å². The van der Waals surface area contributed by atoms with Crippen molar-refractivity contribution in [3.63, 3.8) is 0 Å². The average molecular weight is 298 g/mol. The molecule has 1 aromatic carbocycles. The number of hydrogen-bond acceptors (Lipinski definition) is 1. The van der Waals surface area contributed by atoms with E-state index in [-0.39, 0.29) is 0 Å². The van der Waals surface area contributed by atoms with E-state index in [1.807, 2.05) is 0 Å². The molecule has 66 valence electrons. The number of hydrogen-bond donors (Lipinski definition) is 1. The van der Waals surface area contributed by atoms with Gasteiger partial charge in [-0.05, 0) is 49.6 Å². The highest BCUT2D eigenvalue weighted by atomic mass is 79.9. The van der Waals surface area contributed by atoms with Crippen LogP contribution >= 0.6 is 31.9 Å². The second-order valence-corrected chi connectivity index (χ2v) is 4.03. The number of alkyl halides is 1. The monoisotopic (exact) mass is 296 g/mol. The first-order chi connectivity index (χ1) is 5.65. The Labute approximate surface area is 86.9 Å². The third-order valence-electron chi connectivity index (χ3n) is 1.47. The first kappa shape index (κ1) is 10.2. The summed E-state index contributed by atoms with van der Waals surface area (Å²) < 4.78 is 14.5. The van der Waals surface area contributed by atoms with Gasteiger partial charge in [0.05, 0.1) is 6.61 Å². The van der Waals surface area contributed by atoms with Crippen LogP contribution < -0.4 is 0 Å². The Balaban J connectivity index is 2.96. The van der Waals surface area contributed by atoms with Crippen LogP contribution in [0.15, 0.2) is 27.1 Å². The van der Waals surface area contributed by atoms with Crippen LogP contribution in [-0.4, -0.2) is 11.7 Å². The van der Waals surface area contributed by atoms with E-state index in [9.17, 15) is 4.39 Å². The molecule has 0 radical (unpaired) electrons. The minimum absolute atomic E-state index is 0.478. The molecule has 0 spiro atoms. The molecule has 4 heteroatoms. The molecule has 12 heavy (non-hydrogen) atoms. The standard InChI is InChI=1S/C8H7Br2FO/c9-6-2-1-5(3-7(6)10)8(11)4-12/h1-3,8,12H,4H2. The van der Waals surface area contributed by atoms with Crippen LogP contribution in [0.1, 0.15) is 11.7 Å². The number of aliphatic hydroxyl groups excluding tert-OH is 1. The molecule has 0 aliphatic carbocycles. The summed E-state index contributed by atoms with van der Waals surface area (Å²) >= 11 is 6.52. The Kier molecular flexibility index (Phi) is 3.68. The van der Waals surface area contributed by atoms with Crippen molar-refractivity contribution in [1.82, 2.24) is 0 Å². The van der Waals surface area contributed by atoms with E-state index in [0.717, 1.165) is 8.95 Å². The lowest BCUT2D eigenvalue weighted by Crippen LogP contribution is -1.96. The molecule has 0 saturated heterocycles. The smallest absolute Gasteiger partial charge is 0.148 e. The zero-order valence-electron chi connectivity index (χ0n) is 6.10. The summed E-state index contributed by atoms with van der Waals surface area (Å²) in [6, 6.07) is 5.02. The lowest BCUT2D eigenvalue weighted by molar-refractivity contribution is 0.180. The summed E-state index contributed by atoms with van der Waals surface area (Å²) in [7, 11) is 0. The van der Waals surface area contributed by atoms with Crippen LogP contribution in [0.5, 0.6) is 0 Å². The van der Waals surface area contributed by atoms with E-state index in [4.69, 9.17) is 5.11 Å². The Morgan fingerprint density at radius 3 is 2.50 bits per heavy atom. The zero-order valence-corrected chi connectivity index (χ0v) is 9.27. The van der Waals surface area contributed by atoms with E-state index in [0.29, 0.717) is 5.56 Å². The van der Waals surface area contributed by atoms with E-state index >= 15 is 0 Å². The lowest BCUT2D eigenvalue weighted by Gasteiger charge is -2.05. The molecule has 0 bridgehead atoms. The maximum Gasteiger partial charge on any atom is 0.148 e. The Bertz CT molecular complexity index is 278. The summed E-state index contributed by atoms with van der Waals surface area (Å²) in [5.74, 6) is 0. The van der Waals surface area contributed by atoms with E-state index in [1.54, 1.807) is 18.2 Å². The van der Waals surface area contributed by atoms with Crippen molar-refractivity contribution in [1.29, 1.82) is 0 Å². The predicted octanol–water partition coefficient (Wildman–Crippen LogP) is 3.21. The van der Waals surface area contributed by atoms with Crippen LogP contribution in [0.4, 0.5) is 4.39 Å². The highest BCUT2D eigenvalue weighted by Gasteiger charge is 2.08. The zero-order chi connectivity index (χ0) is 9.14. The van der Waals surface area contributed by atoms with Crippen LogP contribution in [0.2, 0.25) is 0 Å². The Morgan fingerprint density at radius 1 is 1.33 bits per heavy atom. The van der Waals surface area contributed by atoms with Gasteiger partial charge >= 0.3 is 0 Å². The molecule has 1 N–H and O–H groups in total. The second-order valence-electron chi connectivity index (χ2n) is 2.32. The third-order valence-corrected chi connectivity index (χ3v) is 3.35. The van der Waals surface area contributed by atoms with Gasteiger partial charge in [-0.15, -0.1) is 0 Å². The lowest BCUT2D eigenvalue weighted by atomic mass is 10.1. The van der Waals surface area contributed by atoms with Gasteiger partial charge in [-0.1, -0.05) is 6.07 Å². The van der Waals surface area contributed by atoms with Crippen LogP contribution in [-0.2, 0) is 0 Å². The van der Waals surface area contributed by atoms with Gasteiger partial charge in [0.2, 0.25) is 0 Å². The largest absolute Gasteiger partial charge is 0.393 e. The molecule has 1 unspecified atom stereocenters. The highest BCUT2D eigenvalue weighted by molar-refractivity contribution is 9.13. The maximum absolute atomic E-state index is 12.9. The number of halogens is 3. The molecule has 1 nitrogen and oxygen atoms in total. The second kappa shape index (κ2) is 4.35. The van der Waals surface area contributed by atoms with Gasteiger partial charge in [-0.25, -0.2) is 4.39 Å². The molecular weight excluding hydrogens is 291 g/mol. The molecule has 0 aromatic heterocycles. The summed E-state index contributed by atoms with van der Waals surface area (Å²) in [6.07, 6.45) is -1.30. The van der Waals surface area contributed by atoms with Crippen molar-refractivity contribution in [2.24, 2.45) is 0 Å². The van der Waals surface area contributed by atoms with Crippen molar-refractivity contribution in [3.05, 3.63) is 32.7 Å². The fourth-order valence-electron chi connectivity index (χ4n) is 0.813. The van der Waals surface area contributed by atoms with E-state index in [2.05, 4.69) is 31.9 Å². The normalized spacial score (nSPS) is 13.0. The van der Waals surface area contributed by atoms with Gasteiger partial charge in [-0.2, -0.15) is 0 Å². The molecular formula is C8H7Br2FO. The summed E-state index contributed by atoms with van der Waals surface area (Å²) in [5, 5.41) is 8.55. The third kappa shape index (κ3) is 2.28. The van der Waals surface area contributed by atoms with E-state index < -0.39 is 12.8 Å². The first-order valence-corrected chi connectivity index (χ1v) is 4.93. The Hall–Kier alpha value is 0.0700. The minimum atomic E-state index is -1.30. The van der Waals surface area contributed by atoms with Gasteiger partial charge in [-0.3, -0.25) is 0 Å². The average Bonchev–Trinajstić information content (AvgIpc) is 2.08. The van der Waals surface area contributed by atoms with E-state index in [1.165, 1.54) is 0 Å². The molecule has 0 heterocycles. The quantitative estimate of drug-likeness (QED) is 0.889. The van der Waals surface area contributed by atoms with Gasteiger partial charge < -0.3 is 5.11 Å². The van der Waals surface area contributed by atoms with Gasteiger partial charge in [0.25, 0.3) is 0 Å². The fourth-order valence-corrected chi connectivity index (χ4v) is 1.46. The van der Waals surface area contributed by atoms with Crippen molar-refractivity contribution < 1.29 is 9.50 Å². The molecule has 0 amide bonds. The summed E-state index contributed by atoms with van der Waals surface area (Å²) in [4.78, 5) is 0. The number of benzene rings is 1. The topological polar surface area (TPSA) is 20.2 Å². The van der Waals surface area contributed by atoms with Crippen molar-refractivity contribution in [3.8, 4) is 0 Å². The van der Waals surface area contributed by atoms with Gasteiger partial charge in [0, 0.05) is 8.95 Å². The first-order valence-electron chi connectivity index (χ1n) is 3.35. The van der Waals surface area contributed by atoms with Crippen molar-refractivity contribution in [2.45, 2.75) is 6.17 Å². The number of rotatable bonds is 2. The Morgan fingerprint density at radius 2 is 2.00 bits per heavy atom. The highest BCUT2D eigenvalue weighted by Crippen LogP contribution is 2.27. The molecule has 0 aliphatic heterocycles.